The predicted octanol–water partition coefficient (Wildman–Crippen LogP) is 3.10. The second-order valence-electron chi connectivity index (χ2n) is 5.89. The van der Waals surface area contributed by atoms with E-state index in [9.17, 15) is 9.18 Å². The molecule has 0 N–H and O–H groups in total. The fraction of sp³-hybridized carbons (Fsp3) is 0.500. The molecule has 1 aromatic rings. The minimum absolute atomic E-state index is 0.00244. The van der Waals surface area contributed by atoms with Gasteiger partial charge in [0.15, 0.2) is 0 Å². The summed E-state index contributed by atoms with van der Waals surface area (Å²) in [4.78, 5) is 16.3. The number of piperazine rings is 1. The van der Waals surface area contributed by atoms with Crippen molar-refractivity contribution in [3.8, 4) is 0 Å². The van der Waals surface area contributed by atoms with Crippen LogP contribution in [0.1, 0.15) is 18.9 Å². The number of ether oxygens (including phenoxy) is 1. The van der Waals surface area contributed by atoms with E-state index in [2.05, 4.69) is 11.5 Å². The van der Waals surface area contributed by atoms with Crippen molar-refractivity contribution in [1.82, 2.24) is 9.80 Å². The van der Waals surface area contributed by atoms with Crippen LogP contribution in [0.4, 0.5) is 4.39 Å². The smallest absolute Gasteiger partial charge is 0.251 e. The Labute approximate surface area is 147 Å². The first kappa shape index (κ1) is 18.9. The molecule has 1 aromatic carbocycles. The Morgan fingerprint density at radius 2 is 2.12 bits per heavy atom. The summed E-state index contributed by atoms with van der Waals surface area (Å²) in [5, 5.41) is 0.442. The maximum absolute atomic E-state index is 13.9. The molecule has 1 atom stereocenters. The first-order valence-electron chi connectivity index (χ1n) is 8.19. The number of benzene rings is 1. The Bertz CT molecular complexity index is 554. The lowest BCUT2D eigenvalue weighted by Crippen LogP contribution is -2.51. The van der Waals surface area contributed by atoms with Crippen molar-refractivity contribution in [3.63, 3.8) is 0 Å². The van der Waals surface area contributed by atoms with Gasteiger partial charge in [0.2, 0.25) is 0 Å². The second-order valence-corrected chi connectivity index (χ2v) is 6.30. The number of rotatable bonds is 7. The van der Waals surface area contributed by atoms with Gasteiger partial charge in [-0.3, -0.25) is 9.69 Å². The van der Waals surface area contributed by atoms with Crippen LogP contribution < -0.4 is 0 Å². The molecule has 6 heteroatoms. The Morgan fingerprint density at radius 1 is 1.42 bits per heavy atom. The monoisotopic (exact) mass is 354 g/mol. The maximum Gasteiger partial charge on any atom is 0.251 e. The topological polar surface area (TPSA) is 32.8 Å². The van der Waals surface area contributed by atoms with Crippen molar-refractivity contribution in [2.45, 2.75) is 26.0 Å². The van der Waals surface area contributed by atoms with E-state index in [4.69, 9.17) is 16.3 Å². The van der Waals surface area contributed by atoms with E-state index in [-0.39, 0.29) is 11.7 Å². The van der Waals surface area contributed by atoms with Crippen molar-refractivity contribution in [3.05, 3.63) is 47.3 Å². The Kier molecular flexibility index (Phi) is 7.21. The van der Waals surface area contributed by atoms with Crippen molar-refractivity contribution in [2.75, 3.05) is 32.8 Å². The number of hydrogen-bond acceptors (Lipinski definition) is 3. The van der Waals surface area contributed by atoms with Crippen molar-refractivity contribution < 1.29 is 13.9 Å². The lowest BCUT2D eigenvalue weighted by atomic mass is 10.1. The quantitative estimate of drug-likeness (QED) is 0.557. The van der Waals surface area contributed by atoms with Gasteiger partial charge in [0.1, 0.15) is 11.9 Å². The molecular formula is C18H24ClFN2O2. The number of carbonyl (C=O) groups excluding carboxylic acids is 1. The standard InChI is InChI=1S/C18H24ClFN2O2/c1-3-4-12-24-14(2)18(23)22-10-8-21(9-11-22)13-15-16(19)6-5-7-17(15)20/h3,5-7,14H,1,4,8-13H2,2H3. The van der Waals surface area contributed by atoms with Crippen LogP contribution in [0, 0.1) is 5.82 Å². The first-order chi connectivity index (χ1) is 11.5. The highest BCUT2D eigenvalue weighted by Crippen LogP contribution is 2.21. The van der Waals surface area contributed by atoms with E-state index in [1.165, 1.54) is 6.07 Å². The summed E-state index contributed by atoms with van der Waals surface area (Å²) < 4.78 is 19.4. The first-order valence-corrected chi connectivity index (χ1v) is 8.57. The van der Waals surface area contributed by atoms with Gasteiger partial charge in [-0.2, -0.15) is 0 Å². The Balaban J connectivity index is 1.82. The van der Waals surface area contributed by atoms with Gasteiger partial charge in [0.05, 0.1) is 6.61 Å². The normalized spacial score (nSPS) is 16.9. The third-order valence-electron chi connectivity index (χ3n) is 4.16. The highest BCUT2D eigenvalue weighted by atomic mass is 35.5. The molecule has 1 amide bonds. The molecule has 0 radical (unpaired) electrons. The van der Waals surface area contributed by atoms with E-state index >= 15 is 0 Å². The van der Waals surface area contributed by atoms with E-state index in [0.717, 1.165) is 6.42 Å². The fourth-order valence-electron chi connectivity index (χ4n) is 2.69. The van der Waals surface area contributed by atoms with Crippen LogP contribution in [0.25, 0.3) is 0 Å². The molecule has 4 nitrogen and oxygen atoms in total. The molecule has 132 valence electrons. The molecule has 0 aliphatic carbocycles. The van der Waals surface area contributed by atoms with Crippen LogP contribution in [-0.4, -0.2) is 54.6 Å². The van der Waals surface area contributed by atoms with E-state index in [0.29, 0.717) is 49.9 Å². The minimum Gasteiger partial charge on any atom is -0.368 e. The average Bonchev–Trinajstić information content (AvgIpc) is 2.58. The van der Waals surface area contributed by atoms with Crippen LogP contribution in [0.2, 0.25) is 5.02 Å². The van der Waals surface area contributed by atoms with Crippen LogP contribution in [0.3, 0.4) is 0 Å². The van der Waals surface area contributed by atoms with Gasteiger partial charge < -0.3 is 9.64 Å². The third-order valence-corrected chi connectivity index (χ3v) is 4.52. The maximum atomic E-state index is 13.9. The molecule has 0 spiro atoms. The zero-order valence-electron chi connectivity index (χ0n) is 14.0. The highest BCUT2D eigenvalue weighted by Gasteiger charge is 2.25. The zero-order valence-corrected chi connectivity index (χ0v) is 14.8. The molecule has 0 saturated carbocycles. The van der Waals surface area contributed by atoms with Crippen molar-refractivity contribution in [1.29, 1.82) is 0 Å². The summed E-state index contributed by atoms with van der Waals surface area (Å²) >= 11 is 6.08. The van der Waals surface area contributed by atoms with Crippen LogP contribution in [0.15, 0.2) is 30.9 Å². The number of nitrogens with zero attached hydrogens (tertiary/aromatic N) is 2. The number of halogens is 2. The Morgan fingerprint density at radius 3 is 2.75 bits per heavy atom. The summed E-state index contributed by atoms with van der Waals surface area (Å²) in [6.07, 6.45) is 2.05. The molecule has 1 aliphatic rings. The van der Waals surface area contributed by atoms with Gasteiger partial charge in [-0.1, -0.05) is 23.7 Å². The van der Waals surface area contributed by atoms with Gasteiger partial charge >= 0.3 is 0 Å². The summed E-state index contributed by atoms with van der Waals surface area (Å²) in [6, 6.07) is 4.72. The average molecular weight is 355 g/mol. The van der Waals surface area contributed by atoms with Gasteiger partial charge in [-0.05, 0) is 25.5 Å². The Hall–Kier alpha value is -1.43. The highest BCUT2D eigenvalue weighted by molar-refractivity contribution is 6.31. The minimum atomic E-state index is -0.447. The second kappa shape index (κ2) is 9.16. The van der Waals surface area contributed by atoms with E-state index in [1.54, 1.807) is 30.0 Å². The molecule has 1 aliphatic heterocycles. The molecule has 0 aromatic heterocycles. The molecule has 0 bridgehead atoms. The van der Waals surface area contributed by atoms with E-state index in [1.807, 2.05) is 0 Å². The van der Waals surface area contributed by atoms with Gasteiger partial charge in [-0.25, -0.2) is 4.39 Å². The van der Waals surface area contributed by atoms with Gasteiger partial charge in [-0.15, -0.1) is 6.58 Å². The summed E-state index contributed by atoms with van der Waals surface area (Å²) in [6.45, 7) is 8.97. The molecule has 1 unspecified atom stereocenters. The van der Waals surface area contributed by atoms with Crippen molar-refractivity contribution >= 4 is 17.5 Å². The largest absolute Gasteiger partial charge is 0.368 e. The molecule has 2 rings (SSSR count). The van der Waals surface area contributed by atoms with Crippen LogP contribution in [0.5, 0.6) is 0 Å². The zero-order chi connectivity index (χ0) is 17.5. The lowest BCUT2D eigenvalue weighted by Gasteiger charge is -2.36. The predicted molar refractivity (Wildman–Crippen MR) is 93.5 cm³/mol. The SMILES string of the molecule is C=CCCOC(C)C(=O)N1CCN(Cc2c(F)cccc2Cl)CC1. The molecular weight excluding hydrogens is 331 g/mol. The number of carbonyl (C=O) groups is 1. The molecule has 24 heavy (non-hydrogen) atoms. The summed E-state index contributed by atoms with van der Waals surface area (Å²) in [7, 11) is 0. The molecule has 1 saturated heterocycles. The number of amides is 1. The summed E-state index contributed by atoms with van der Waals surface area (Å²) in [5.74, 6) is -0.284. The molecule has 1 fully saturated rings. The summed E-state index contributed by atoms with van der Waals surface area (Å²) in [5.41, 5.74) is 0.514. The molecule has 1 heterocycles. The van der Waals surface area contributed by atoms with Crippen LogP contribution >= 0.6 is 11.6 Å². The third kappa shape index (κ3) is 5.03. The van der Waals surface area contributed by atoms with Crippen LogP contribution in [-0.2, 0) is 16.1 Å². The lowest BCUT2D eigenvalue weighted by molar-refractivity contribution is -0.144. The van der Waals surface area contributed by atoms with Gasteiger partial charge in [0.25, 0.3) is 5.91 Å². The number of hydrogen-bond donors (Lipinski definition) is 0. The fourth-order valence-corrected chi connectivity index (χ4v) is 2.91. The van der Waals surface area contributed by atoms with Gasteiger partial charge in [0, 0.05) is 43.3 Å². The van der Waals surface area contributed by atoms with E-state index < -0.39 is 6.10 Å². The van der Waals surface area contributed by atoms with Crippen molar-refractivity contribution in [2.24, 2.45) is 0 Å².